The topological polar surface area (TPSA) is 60.8 Å². The number of rotatable bonds is 4. The lowest BCUT2D eigenvalue weighted by atomic mass is 9.92. The Morgan fingerprint density at radius 2 is 2.07 bits per heavy atom. The summed E-state index contributed by atoms with van der Waals surface area (Å²) in [5.41, 5.74) is 0. The van der Waals surface area contributed by atoms with Crippen LogP contribution in [0.4, 0.5) is 0 Å². The maximum Gasteiger partial charge on any atom is 0.304 e. The molecule has 4 nitrogen and oxygen atoms in total. The van der Waals surface area contributed by atoms with Crippen molar-refractivity contribution in [3.05, 3.63) is 0 Å². The molecule has 0 aliphatic carbocycles. The van der Waals surface area contributed by atoms with Gasteiger partial charge in [-0.05, 0) is 38.8 Å². The van der Waals surface area contributed by atoms with Crippen molar-refractivity contribution >= 4 is 5.97 Å². The Labute approximate surface area is 84.5 Å². The smallest absolute Gasteiger partial charge is 0.304 e. The highest BCUT2D eigenvalue weighted by atomic mass is 16.4. The van der Waals surface area contributed by atoms with E-state index in [0.29, 0.717) is 12.5 Å². The lowest BCUT2D eigenvalue weighted by Crippen LogP contribution is -2.38. The van der Waals surface area contributed by atoms with E-state index in [1.165, 1.54) is 0 Å². The van der Waals surface area contributed by atoms with E-state index in [4.69, 9.17) is 5.11 Å². The average Bonchev–Trinajstić information content (AvgIpc) is 2.15. The van der Waals surface area contributed by atoms with Crippen molar-refractivity contribution in [3.8, 4) is 0 Å². The molecular formula is C10H19NO3. The molecule has 1 unspecified atom stereocenters. The predicted molar refractivity (Wildman–Crippen MR) is 53.1 cm³/mol. The van der Waals surface area contributed by atoms with Gasteiger partial charge in [0, 0.05) is 6.54 Å². The summed E-state index contributed by atoms with van der Waals surface area (Å²) in [6, 6.07) is 0. The standard InChI is InChI=1S/C10H19NO3/c1-8(12)9-2-5-11(6-3-9)7-4-10(13)14/h8-9,12H,2-7H2,1H3,(H,13,14). The monoisotopic (exact) mass is 201 g/mol. The second-order valence-corrected chi connectivity index (χ2v) is 4.06. The van der Waals surface area contributed by atoms with E-state index >= 15 is 0 Å². The largest absolute Gasteiger partial charge is 0.481 e. The van der Waals surface area contributed by atoms with Crippen molar-refractivity contribution in [2.24, 2.45) is 5.92 Å². The van der Waals surface area contributed by atoms with Crippen molar-refractivity contribution in [1.82, 2.24) is 4.90 Å². The first-order chi connectivity index (χ1) is 6.59. The molecule has 2 N–H and O–H groups in total. The Kier molecular flexibility index (Phi) is 4.35. The minimum absolute atomic E-state index is 0.222. The molecule has 1 aliphatic rings. The number of carbonyl (C=O) groups is 1. The Balaban J connectivity index is 2.19. The van der Waals surface area contributed by atoms with Gasteiger partial charge in [0.2, 0.25) is 0 Å². The van der Waals surface area contributed by atoms with E-state index in [-0.39, 0.29) is 12.5 Å². The van der Waals surface area contributed by atoms with E-state index in [2.05, 4.69) is 4.90 Å². The summed E-state index contributed by atoms with van der Waals surface area (Å²) < 4.78 is 0. The number of aliphatic carboxylic acids is 1. The molecule has 0 radical (unpaired) electrons. The number of aliphatic hydroxyl groups is 1. The van der Waals surface area contributed by atoms with Gasteiger partial charge in [0.25, 0.3) is 0 Å². The Hall–Kier alpha value is -0.610. The van der Waals surface area contributed by atoms with Crippen molar-refractivity contribution in [3.63, 3.8) is 0 Å². The van der Waals surface area contributed by atoms with Crippen LogP contribution in [0.5, 0.6) is 0 Å². The van der Waals surface area contributed by atoms with Gasteiger partial charge in [-0.25, -0.2) is 0 Å². The molecular weight excluding hydrogens is 182 g/mol. The number of hydrogen-bond acceptors (Lipinski definition) is 3. The second-order valence-electron chi connectivity index (χ2n) is 4.06. The van der Waals surface area contributed by atoms with Gasteiger partial charge in [0.15, 0.2) is 0 Å². The van der Waals surface area contributed by atoms with Gasteiger partial charge in [0.05, 0.1) is 12.5 Å². The maximum atomic E-state index is 10.3. The molecule has 1 aliphatic heterocycles. The molecule has 0 amide bonds. The molecule has 0 aromatic carbocycles. The summed E-state index contributed by atoms with van der Waals surface area (Å²) in [5, 5.41) is 17.9. The van der Waals surface area contributed by atoms with Crippen molar-refractivity contribution in [1.29, 1.82) is 0 Å². The number of hydrogen-bond donors (Lipinski definition) is 2. The van der Waals surface area contributed by atoms with Crippen LogP contribution in [0, 0.1) is 5.92 Å². The maximum absolute atomic E-state index is 10.3. The lowest BCUT2D eigenvalue weighted by molar-refractivity contribution is -0.137. The molecule has 1 saturated heterocycles. The molecule has 0 aromatic rings. The molecule has 1 rings (SSSR count). The number of piperidine rings is 1. The fourth-order valence-electron chi connectivity index (χ4n) is 1.91. The van der Waals surface area contributed by atoms with Crippen LogP contribution >= 0.6 is 0 Å². The number of nitrogens with zero attached hydrogens (tertiary/aromatic N) is 1. The minimum atomic E-state index is -0.734. The highest BCUT2D eigenvalue weighted by Crippen LogP contribution is 2.20. The van der Waals surface area contributed by atoms with Crippen LogP contribution in [0.25, 0.3) is 0 Å². The van der Waals surface area contributed by atoms with E-state index in [0.717, 1.165) is 25.9 Å². The van der Waals surface area contributed by atoms with E-state index in [1.54, 1.807) is 0 Å². The zero-order valence-electron chi connectivity index (χ0n) is 8.65. The number of likely N-dealkylation sites (tertiary alicyclic amines) is 1. The summed E-state index contributed by atoms with van der Waals surface area (Å²) in [7, 11) is 0. The summed E-state index contributed by atoms with van der Waals surface area (Å²) in [5.74, 6) is -0.335. The molecule has 14 heavy (non-hydrogen) atoms. The summed E-state index contributed by atoms with van der Waals surface area (Å²) in [6.45, 7) is 4.31. The van der Waals surface area contributed by atoms with Crippen LogP contribution in [0.15, 0.2) is 0 Å². The molecule has 1 fully saturated rings. The quantitative estimate of drug-likeness (QED) is 0.697. The van der Waals surface area contributed by atoms with Crippen LogP contribution in [0.2, 0.25) is 0 Å². The third-order valence-corrected chi connectivity index (χ3v) is 2.96. The van der Waals surface area contributed by atoms with Gasteiger partial charge in [-0.2, -0.15) is 0 Å². The predicted octanol–water partition coefficient (Wildman–Crippen LogP) is 0.554. The SMILES string of the molecule is CC(O)C1CCN(CCC(=O)O)CC1. The summed E-state index contributed by atoms with van der Waals surface area (Å²) in [6.07, 6.45) is 1.96. The zero-order valence-corrected chi connectivity index (χ0v) is 8.65. The fourth-order valence-corrected chi connectivity index (χ4v) is 1.91. The summed E-state index contributed by atoms with van der Waals surface area (Å²) >= 11 is 0. The highest BCUT2D eigenvalue weighted by molar-refractivity contribution is 5.66. The van der Waals surface area contributed by atoms with Crippen LogP contribution in [-0.2, 0) is 4.79 Å². The van der Waals surface area contributed by atoms with E-state index in [9.17, 15) is 9.90 Å². The van der Waals surface area contributed by atoms with Crippen molar-refractivity contribution < 1.29 is 15.0 Å². The molecule has 0 bridgehead atoms. The van der Waals surface area contributed by atoms with Gasteiger partial charge >= 0.3 is 5.97 Å². The third kappa shape index (κ3) is 3.64. The van der Waals surface area contributed by atoms with Crippen LogP contribution in [0.3, 0.4) is 0 Å². The fraction of sp³-hybridized carbons (Fsp3) is 0.900. The lowest BCUT2D eigenvalue weighted by Gasteiger charge is -2.32. The van der Waals surface area contributed by atoms with Crippen LogP contribution < -0.4 is 0 Å². The zero-order chi connectivity index (χ0) is 10.6. The molecule has 0 saturated carbocycles. The molecule has 1 atom stereocenters. The Bertz CT molecular complexity index is 186. The molecule has 0 spiro atoms. The van der Waals surface area contributed by atoms with Crippen LogP contribution in [-0.4, -0.2) is 46.8 Å². The first-order valence-corrected chi connectivity index (χ1v) is 5.22. The number of aliphatic hydroxyl groups excluding tert-OH is 1. The third-order valence-electron chi connectivity index (χ3n) is 2.96. The number of carboxylic acid groups (broad SMARTS) is 1. The van der Waals surface area contributed by atoms with E-state index < -0.39 is 5.97 Å². The minimum Gasteiger partial charge on any atom is -0.481 e. The van der Waals surface area contributed by atoms with Crippen molar-refractivity contribution in [2.75, 3.05) is 19.6 Å². The Morgan fingerprint density at radius 1 is 1.50 bits per heavy atom. The van der Waals surface area contributed by atoms with Gasteiger partial charge < -0.3 is 15.1 Å². The average molecular weight is 201 g/mol. The highest BCUT2D eigenvalue weighted by Gasteiger charge is 2.22. The normalized spacial score (nSPS) is 22.1. The van der Waals surface area contributed by atoms with Gasteiger partial charge in [-0.3, -0.25) is 4.79 Å². The van der Waals surface area contributed by atoms with Crippen LogP contribution in [0.1, 0.15) is 26.2 Å². The molecule has 4 heteroatoms. The van der Waals surface area contributed by atoms with Crippen molar-refractivity contribution in [2.45, 2.75) is 32.3 Å². The summed E-state index contributed by atoms with van der Waals surface area (Å²) in [4.78, 5) is 12.5. The van der Waals surface area contributed by atoms with Gasteiger partial charge in [-0.15, -0.1) is 0 Å². The molecule has 82 valence electrons. The number of carboxylic acids is 1. The van der Waals surface area contributed by atoms with Gasteiger partial charge in [-0.1, -0.05) is 0 Å². The first-order valence-electron chi connectivity index (χ1n) is 5.22. The second kappa shape index (κ2) is 5.32. The Morgan fingerprint density at radius 3 is 2.50 bits per heavy atom. The molecule has 1 heterocycles. The van der Waals surface area contributed by atoms with Gasteiger partial charge in [0.1, 0.15) is 0 Å². The van der Waals surface area contributed by atoms with E-state index in [1.807, 2.05) is 6.92 Å². The first kappa shape index (κ1) is 11.5. The molecule has 0 aromatic heterocycles.